The summed E-state index contributed by atoms with van der Waals surface area (Å²) in [6.07, 6.45) is 0.904. The number of nitrogens with one attached hydrogen (secondary N) is 1. The summed E-state index contributed by atoms with van der Waals surface area (Å²) in [6.45, 7) is 6.71. The van der Waals surface area contributed by atoms with Gasteiger partial charge in [-0.1, -0.05) is 68.3 Å². The van der Waals surface area contributed by atoms with E-state index in [4.69, 9.17) is 0 Å². The molecule has 0 saturated carbocycles. The Morgan fingerprint density at radius 3 is 2.50 bits per heavy atom. The third-order valence-electron chi connectivity index (χ3n) is 5.53. The number of H-pyrrole nitrogens is 1. The van der Waals surface area contributed by atoms with Crippen LogP contribution >= 0.6 is 0 Å². The van der Waals surface area contributed by atoms with Gasteiger partial charge in [0, 0.05) is 11.5 Å². The van der Waals surface area contributed by atoms with Crippen LogP contribution in [-0.4, -0.2) is 35.0 Å². The average molecular weight is 428 g/mol. The molecular formula is C24H25N7O. The Hall–Kier alpha value is -3.99. The minimum absolute atomic E-state index is 0.130. The second-order valence-corrected chi connectivity index (χ2v) is 7.60. The van der Waals surface area contributed by atoms with Crippen molar-refractivity contribution in [1.82, 2.24) is 35.0 Å². The Morgan fingerprint density at radius 1 is 1.09 bits per heavy atom. The van der Waals surface area contributed by atoms with Crippen molar-refractivity contribution in [3.63, 3.8) is 0 Å². The fourth-order valence-corrected chi connectivity index (χ4v) is 3.59. The molecule has 4 aromatic rings. The van der Waals surface area contributed by atoms with Crippen molar-refractivity contribution in [2.45, 2.75) is 46.2 Å². The van der Waals surface area contributed by atoms with Gasteiger partial charge >= 0.3 is 5.69 Å². The number of hydrogen-bond donors (Lipinski definition) is 1. The Bertz CT molecular complexity index is 1310. The third kappa shape index (κ3) is 4.23. The molecule has 1 atom stereocenters. The van der Waals surface area contributed by atoms with E-state index < -0.39 is 0 Å². The van der Waals surface area contributed by atoms with Gasteiger partial charge in [0.2, 0.25) is 5.82 Å². The van der Waals surface area contributed by atoms with Gasteiger partial charge in [-0.05, 0) is 35.2 Å². The van der Waals surface area contributed by atoms with Crippen LogP contribution in [0.15, 0.2) is 53.3 Å². The summed E-state index contributed by atoms with van der Waals surface area (Å²) in [6, 6.07) is 16.1. The molecule has 0 aliphatic carbocycles. The van der Waals surface area contributed by atoms with Crippen molar-refractivity contribution in [1.29, 1.82) is 0 Å². The summed E-state index contributed by atoms with van der Waals surface area (Å²) >= 11 is 0. The van der Waals surface area contributed by atoms with E-state index in [0.29, 0.717) is 18.9 Å². The molecule has 4 rings (SSSR count). The van der Waals surface area contributed by atoms with Gasteiger partial charge in [0.05, 0.1) is 6.54 Å². The fraction of sp³-hybridized carbons (Fsp3) is 0.292. The third-order valence-corrected chi connectivity index (χ3v) is 5.53. The number of nitrogens with zero attached hydrogens (tertiary/aromatic N) is 6. The quantitative estimate of drug-likeness (QED) is 0.456. The highest BCUT2D eigenvalue weighted by Gasteiger charge is 2.18. The lowest BCUT2D eigenvalue weighted by molar-refractivity contribution is 0.609. The first-order valence-corrected chi connectivity index (χ1v) is 10.6. The van der Waals surface area contributed by atoms with Crippen LogP contribution < -0.4 is 5.69 Å². The molecule has 0 saturated heterocycles. The predicted octanol–water partition coefficient (Wildman–Crippen LogP) is 3.48. The van der Waals surface area contributed by atoms with Crippen molar-refractivity contribution >= 4 is 0 Å². The van der Waals surface area contributed by atoms with Gasteiger partial charge in [-0.3, -0.25) is 4.57 Å². The van der Waals surface area contributed by atoms with Crippen molar-refractivity contribution < 1.29 is 0 Å². The second kappa shape index (κ2) is 9.43. The van der Waals surface area contributed by atoms with Gasteiger partial charge in [0.1, 0.15) is 12.4 Å². The standard InChI is InChI=1S/C24H25N7O/c1-4-6-15-31-24(32)30(23(27-31)17(3)5-2)16-18-11-13-19(14-12-18)20-9-7-8-10-21(20)22-25-28-29-26-22/h7-14,17H,5,15-16H2,1-3H3,(H,25,26,28,29). The molecule has 32 heavy (non-hydrogen) atoms. The minimum Gasteiger partial charge on any atom is -0.274 e. The number of benzene rings is 2. The van der Waals surface area contributed by atoms with Gasteiger partial charge in [0.15, 0.2) is 0 Å². The zero-order chi connectivity index (χ0) is 22.5. The Labute approximate surface area is 186 Å². The smallest absolute Gasteiger partial charge is 0.274 e. The van der Waals surface area contributed by atoms with Crippen LogP contribution in [0.3, 0.4) is 0 Å². The number of aromatic amines is 1. The largest absolute Gasteiger partial charge is 0.347 e. The molecule has 2 aromatic carbocycles. The van der Waals surface area contributed by atoms with Gasteiger partial charge in [-0.15, -0.1) is 16.1 Å². The van der Waals surface area contributed by atoms with Crippen LogP contribution in [0.25, 0.3) is 22.5 Å². The molecule has 1 N–H and O–H groups in total. The lowest BCUT2D eigenvalue weighted by atomic mass is 9.98. The normalized spacial score (nSPS) is 11.7. The highest BCUT2D eigenvalue weighted by molar-refractivity contribution is 5.80. The number of tetrazole rings is 1. The molecule has 162 valence electrons. The zero-order valence-electron chi connectivity index (χ0n) is 18.4. The predicted molar refractivity (Wildman–Crippen MR) is 123 cm³/mol. The topological polar surface area (TPSA) is 94.3 Å². The van der Waals surface area contributed by atoms with Crippen LogP contribution in [0.1, 0.15) is 44.5 Å². The average Bonchev–Trinajstić information content (AvgIpc) is 3.47. The van der Waals surface area contributed by atoms with Crippen LogP contribution in [0.5, 0.6) is 0 Å². The molecule has 0 aliphatic heterocycles. The molecule has 0 fully saturated rings. The molecule has 0 amide bonds. The lowest BCUT2D eigenvalue weighted by Crippen LogP contribution is -2.26. The maximum absolute atomic E-state index is 13.0. The Kier molecular flexibility index (Phi) is 6.26. The minimum atomic E-state index is -0.130. The maximum Gasteiger partial charge on any atom is 0.347 e. The molecular weight excluding hydrogens is 402 g/mol. The van der Waals surface area contributed by atoms with Crippen molar-refractivity contribution in [2.75, 3.05) is 0 Å². The van der Waals surface area contributed by atoms with Crippen LogP contribution in [0.4, 0.5) is 0 Å². The summed E-state index contributed by atoms with van der Waals surface area (Å²) in [4.78, 5) is 13.0. The lowest BCUT2D eigenvalue weighted by Gasteiger charge is -2.11. The van der Waals surface area contributed by atoms with E-state index in [1.807, 2.05) is 36.4 Å². The molecule has 0 aliphatic rings. The first kappa shape index (κ1) is 21.2. The van der Waals surface area contributed by atoms with Crippen LogP contribution in [0.2, 0.25) is 0 Å². The fourth-order valence-electron chi connectivity index (χ4n) is 3.59. The van der Waals surface area contributed by atoms with Gasteiger partial charge in [-0.2, -0.15) is 10.3 Å². The molecule has 2 heterocycles. The van der Waals surface area contributed by atoms with E-state index in [1.54, 1.807) is 11.5 Å². The van der Waals surface area contributed by atoms with E-state index in [0.717, 1.165) is 34.5 Å². The molecule has 8 heteroatoms. The second-order valence-electron chi connectivity index (χ2n) is 7.60. The van der Waals surface area contributed by atoms with Crippen LogP contribution in [-0.2, 0) is 13.1 Å². The summed E-state index contributed by atoms with van der Waals surface area (Å²) in [5.41, 5.74) is 3.86. The van der Waals surface area contributed by atoms with E-state index >= 15 is 0 Å². The summed E-state index contributed by atoms with van der Waals surface area (Å²) in [5, 5.41) is 19.0. The SMILES string of the molecule is CC#CCn1nc(C(C)CC)n(Cc2ccc(-c3ccccc3-c3nn[nH]n3)cc2)c1=O. The first-order chi connectivity index (χ1) is 15.6. The summed E-state index contributed by atoms with van der Waals surface area (Å²) in [7, 11) is 0. The monoisotopic (exact) mass is 427 g/mol. The number of aromatic nitrogens is 7. The number of rotatable bonds is 7. The highest BCUT2D eigenvalue weighted by Crippen LogP contribution is 2.29. The maximum atomic E-state index is 13.0. The summed E-state index contributed by atoms with van der Waals surface area (Å²) < 4.78 is 3.21. The Balaban J connectivity index is 1.65. The van der Waals surface area contributed by atoms with Gasteiger partial charge in [0.25, 0.3) is 0 Å². The van der Waals surface area contributed by atoms with Crippen molar-refractivity contribution in [3.8, 4) is 34.4 Å². The van der Waals surface area contributed by atoms with E-state index in [1.165, 1.54) is 4.68 Å². The van der Waals surface area contributed by atoms with E-state index in [9.17, 15) is 4.79 Å². The molecule has 8 nitrogen and oxygen atoms in total. The molecule has 0 bridgehead atoms. The molecule has 0 spiro atoms. The molecule has 1 unspecified atom stereocenters. The van der Waals surface area contributed by atoms with E-state index in [-0.39, 0.29) is 11.6 Å². The molecule has 2 aromatic heterocycles. The highest BCUT2D eigenvalue weighted by atomic mass is 16.2. The molecule has 0 radical (unpaired) electrons. The van der Waals surface area contributed by atoms with Crippen molar-refractivity contribution in [3.05, 3.63) is 70.4 Å². The summed E-state index contributed by atoms with van der Waals surface area (Å²) in [5.74, 6) is 7.28. The van der Waals surface area contributed by atoms with Gasteiger partial charge < -0.3 is 0 Å². The van der Waals surface area contributed by atoms with E-state index in [2.05, 4.69) is 63.5 Å². The van der Waals surface area contributed by atoms with Crippen molar-refractivity contribution in [2.24, 2.45) is 0 Å². The van der Waals surface area contributed by atoms with Gasteiger partial charge in [-0.25, -0.2) is 9.48 Å². The zero-order valence-corrected chi connectivity index (χ0v) is 18.4. The number of hydrogen-bond acceptors (Lipinski definition) is 5. The Morgan fingerprint density at radius 2 is 1.84 bits per heavy atom. The first-order valence-electron chi connectivity index (χ1n) is 10.6. The van der Waals surface area contributed by atoms with Crippen LogP contribution in [0, 0.1) is 11.8 Å².